The van der Waals surface area contributed by atoms with Gasteiger partial charge >= 0.3 is 0 Å². The lowest BCUT2D eigenvalue weighted by molar-refractivity contribution is 0.148. The molecule has 1 rings (SSSR count). The van der Waals surface area contributed by atoms with Gasteiger partial charge in [0.25, 0.3) is 0 Å². The summed E-state index contributed by atoms with van der Waals surface area (Å²) in [5, 5.41) is 12.4. The van der Waals surface area contributed by atoms with E-state index < -0.39 is 0 Å². The van der Waals surface area contributed by atoms with Gasteiger partial charge in [-0.05, 0) is 63.3 Å². The molecule has 1 saturated carbocycles. The molecule has 1 fully saturated rings. The summed E-state index contributed by atoms with van der Waals surface area (Å²) in [5.74, 6) is 1.71. The molecule has 0 amide bonds. The fourth-order valence-corrected chi connectivity index (χ4v) is 2.86. The lowest BCUT2D eigenvalue weighted by Gasteiger charge is -2.37. The molecule has 2 nitrogen and oxygen atoms in total. The van der Waals surface area contributed by atoms with Crippen molar-refractivity contribution >= 4 is 0 Å². The molecule has 104 valence electrons. The molecule has 0 unspecified atom stereocenters. The first-order valence-corrected chi connectivity index (χ1v) is 7.36. The molecule has 0 aromatic rings. The first kappa shape index (κ1) is 15.5. The predicted octanol–water partition coefficient (Wildman–Crippen LogP) is 3.98. The highest BCUT2D eigenvalue weighted by molar-refractivity contribution is 4.93. The molecule has 18 heavy (non-hydrogen) atoms. The van der Waals surface area contributed by atoms with Crippen molar-refractivity contribution in [1.29, 1.82) is 5.26 Å². The van der Waals surface area contributed by atoms with Gasteiger partial charge in [0.2, 0.25) is 0 Å². The minimum Gasteiger partial charge on any atom is -0.315 e. The van der Waals surface area contributed by atoms with Crippen LogP contribution in [0.2, 0.25) is 0 Å². The van der Waals surface area contributed by atoms with Gasteiger partial charge in [-0.15, -0.1) is 0 Å². The number of nitriles is 1. The maximum absolute atomic E-state index is 8.97. The van der Waals surface area contributed by atoms with Crippen LogP contribution in [0.15, 0.2) is 0 Å². The van der Waals surface area contributed by atoms with Gasteiger partial charge in [-0.25, -0.2) is 0 Å². The van der Waals surface area contributed by atoms with Crippen molar-refractivity contribution in [2.24, 2.45) is 22.7 Å². The molecule has 0 aromatic heterocycles. The number of nitrogens with one attached hydrogen (secondary N) is 1. The van der Waals surface area contributed by atoms with Crippen LogP contribution in [0.1, 0.15) is 60.3 Å². The lowest BCUT2D eigenvalue weighted by Crippen LogP contribution is -2.34. The zero-order valence-electron chi connectivity index (χ0n) is 12.8. The predicted molar refractivity (Wildman–Crippen MR) is 77.2 cm³/mol. The first-order valence-electron chi connectivity index (χ1n) is 7.36. The van der Waals surface area contributed by atoms with E-state index in [0.717, 1.165) is 24.9 Å². The topological polar surface area (TPSA) is 35.8 Å². The largest absolute Gasteiger partial charge is 0.315 e. The summed E-state index contributed by atoms with van der Waals surface area (Å²) in [6.45, 7) is 13.0. The van der Waals surface area contributed by atoms with Crippen molar-refractivity contribution in [2.75, 3.05) is 13.1 Å². The highest BCUT2D eigenvalue weighted by Crippen LogP contribution is 2.39. The lowest BCUT2D eigenvalue weighted by atomic mass is 9.70. The maximum Gasteiger partial charge on any atom is 0.0697 e. The maximum atomic E-state index is 8.97. The Hall–Kier alpha value is -0.550. The molecule has 1 N–H and O–H groups in total. The second kappa shape index (κ2) is 6.06. The van der Waals surface area contributed by atoms with Gasteiger partial charge < -0.3 is 5.32 Å². The van der Waals surface area contributed by atoms with Gasteiger partial charge in [-0.2, -0.15) is 5.26 Å². The molecular formula is C16H30N2. The average Bonchev–Trinajstić information content (AvgIpc) is 2.28. The van der Waals surface area contributed by atoms with E-state index in [0.29, 0.717) is 5.41 Å². The molecule has 0 radical (unpaired) electrons. The zero-order chi connectivity index (χ0) is 13.8. The van der Waals surface area contributed by atoms with Crippen molar-refractivity contribution in [3.05, 3.63) is 0 Å². The summed E-state index contributed by atoms with van der Waals surface area (Å²) in [6, 6.07) is 2.34. The normalized spacial score (nSPS) is 25.8. The van der Waals surface area contributed by atoms with E-state index in [1.807, 2.05) is 13.8 Å². The Labute approximate surface area is 113 Å². The van der Waals surface area contributed by atoms with Gasteiger partial charge in [0.05, 0.1) is 11.5 Å². The Morgan fingerprint density at radius 3 is 2.06 bits per heavy atom. The molecule has 0 spiro atoms. The summed E-state index contributed by atoms with van der Waals surface area (Å²) >= 11 is 0. The third kappa shape index (κ3) is 4.98. The first-order chi connectivity index (χ1) is 8.24. The van der Waals surface area contributed by atoms with E-state index in [2.05, 4.69) is 32.2 Å². The van der Waals surface area contributed by atoms with Crippen LogP contribution in [0, 0.1) is 34.0 Å². The molecule has 0 heterocycles. The highest BCUT2D eigenvalue weighted by atomic mass is 14.9. The van der Waals surface area contributed by atoms with Gasteiger partial charge in [0.1, 0.15) is 0 Å². The van der Waals surface area contributed by atoms with Crippen molar-refractivity contribution < 1.29 is 0 Å². The summed E-state index contributed by atoms with van der Waals surface area (Å²) < 4.78 is 0. The number of nitrogens with zero attached hydrogens (tertiary/aromatic N) is 1. The zero-order valence-corrected chi connectivity index (χ0v) is 12.8. The Morgan fingerprint density at radius 2 is 1.61 bits per heavy atom. The van der Waals surface area contributed by atoms with E-state index in [9.17, 15) is 0 Å². The summed E-state index contributed by atoms with van der Waals surface area (Å²) in [4.78, 5) is 0. The van der Waals surface area contributed by atoms with Crippen LogP contribution in [0.25, 0.3) is 0 Å². The van der Waals surface area contributed by atoms with Crippen LogP contribution >= 0.6 is 0 Å². The van der Waals surface area contributed by atoms with Crippen molar-refractivity contribution in [3.63, 3.8) is 0 Å². The minimum absolute atomic E-state index is 0.234. The van der Waals surface area contributed by atoms with E-state index in [-0.39, 0.29) is 5.41 Å². The minimum atomic E-state index is -0.234. The quantitative estimate of drug-likeness (QED) is 0.819. The smallest absolute Gasteiger partial charge is 0.0697 e. The van der Waals surface area contributed by atoms with Gasteiger partial charge in [-0.1, -0.05) is 20.8 Å². The van der Waals surface area contributed by atoms with Crippen LogP contribution in [0.4, 0.5) is 0 Å². The van der Waals surface area contributed by atoms with Crippen LogP contribution in [-0.4, -0.2) is 13.1 Å². The molecule has 2 heteroatoms. The molecular weight excluding hydrogens is 220 g/mol. The SMILES string of the molecule is CC(C)(C#N)CNCC1CCC(C(C)(C)C)CC1. The van der Waals surface area contributed by atoms with Crippen molar-refractivity contribution in [2.45, 2.75) is 60.3 Å². The Bertz CT molecular complexity index is 285. The average molecular weight is 250 g/mol. The van der Waals surface area contributed by atoms with E-state index in [1.54, 1.807) is 0 Å². The van der Waals surface area contributed by atoms with Crippen molar-refractivity contribution in [1.82, 2.24) is 5.32 Å². The summed E-state index contributed by atoms with van der Waals surface area (Å²) in [6.07, 6.45) is 5.44. The van der Waals surface area contributed by atoms with Gasteiger partial charge in [-0.3, -0.25) is 0 Å². The van der Waals surface area contributed by atoms with Crippen LogP contribution in [0.3, 0.4) is 0 Å². The highest BCUT2D eigenvalue weighted by Gasteiger charge is 2.29. The molecule has 1 aliphatic carbocycles. The Kier molecular flexibility index (Phi) is 5.22. The second-order valence-corrected chi connectivity index (χ2v) is 7.71. The van der Waals surface area contributed by atoms with Gasteiger partial charge in [0, 0.05) is 6.54 Å². The molecule has 0 aromatic carbocycles. The third-order valence-corrected chi connectivity index (χ3v) is 4.37. The Balaban J connectivity index is 2.23. The molecule has 0 atom stereocenters. The van der Waals surface area contributed by atoms with Crippen molar-refractivity contribution in [3.8, 4) is 6.07 Å². The Morgan fingerprint density at radius 1 is 1.06 bits per heavy atom. The van der Waals surface area contributed by atoms with Crippen LogP contribution in [-0.2, 0) is 0 Å². The van der Waals surface area contributed by atoms with E-state index in [4.69, 9.17) is 5.26 Å². The summed E-state index contributed by atoms with van der Waals surface area (Å²) in [7, 11) is 0. The summed E-state index contributed by atoms with van der Waals surface area (Å²) in [5.41, 5.74) is 0.240. The van der Waals surface area contributed by atoms with E-state index in [1.165, 1.54) is 25.7 Å². The standard InChI is InChI=1S/C16H30N2/c1-15(2,3)14-8-6-13(7-9-14)10-18-12-16(4,5)11-17/h13-14,18H,6-10,12H2,1-5H3. The number of hydrogen-bond donors (Lipinski definition) is 1. The molecule has 0 bridgehead atoms. The number of hydrogen-bond acceptors (Lipinski definition) is 2. The van der Waals surface area contributed by atoms with E-state index >= 15 is 0 Å². The third-order valence-electron chi connectivity index (χ3n) is 4.37. The monoisotopic (exact) mass is 250 g/mol. The molecule has 0 saturated heterocycles. The molecule has 1 aliphatic rings. The molecule has 0 aliphatic heterocycles. The fourth-order valence-electron chi connectivity index (χ4n) is 2.86. The second-order valence-electron chi connectivity index (χ2n) is 7.71. The van der Waals surface area contributed by atoms with Crippen LogP contribution in [0.5, 0.6) is 0 Å². The van der Waals surface area contributed by atoms with Gasteiger partial charge in [0.15, 0.2) is 0 Å². The number of rotatable bonds is 4. The van der Waals surface area contributed by atoms with Crippen LogP contribution < -0.4 is 5.32 Å². The fraction of sp³-hybridized carbons (Fsp3) is 0.938.